The van der Waals surface area contributed by atoms with Crippen LogP contribution in [0.5, 0.6) is 11.5 Å². The maximum Gasteiger partial charge on any atom is 0.261 e. The van der Waals surface area contributed by atoms with E-state index in [1.807, 2.05) is 5.32 Å². The third kappa shape index (κ3) is 2.58. The molecule has 0 aliphatic rings. The molecule has 0 bridgehead atoms. The number of carbonyl (C=O) groups excluding carboxylic acids is 2. The zero-order valence-corrected chi connectivity index (χ0v) is 9.41. The van der Waals surface area contributed by atoms with Gasteiger partial charge in [-0.3, -0.25) is 25.2 Å². The number of rotatable bonds is 4. The van der Waals surface area contributed by atoms with Gasteiger partial charge in [-0.1, -0.05) is 11.6 Å². The predicted molar refractivity (Wildman–Crippen MR) is 58.9 cm³/mol. The SMILES string of the molecule is CONc1c(O)c(O)cc(Cl)c1C(=O)NC=O. The number of hydrogen-bond donors (Lipinski definition) is 4. The highest BCUT2D eigenvalue weighted by Crippen LogP contribution is 2.40. The van der Waals surface area contributed by atoms with Crippen LogP contribution < -0.4 is 10.8 Å². The summed E-state index contributed by atoms with van der Waals surface area (Å²) in [6, 6.07) is 0.970. The average Bonchev–Trinajstić information content (AvgIpc) is 2.26. The van der Waals surface area contributed by atoms with E-state index in [0.717, 1.165) is 6.07 Å². The van der Waals surface area contributed by atoms with Crippen molar-refractivity contribution >= 4 is 29.6 Å². The molecule has 1 aromatic carbocycles. The van der Waals surface area contributed by atoms with Crippen LogP contribution in [0.1, 0.15) is 10.4 Å². The van der Waals surface area contributed by atoms with Crippen molar-refractivity contribution in [2.24, 2.45) is 0 Å². The Morgan fingerprint density at radius 3 is 2.71 bits per heavy atom. The number of carbonyl (C=O) groups is 2. The third-order valence-corrected chi connectivity index (χ3v) is 2.15. The lowest BCUT2D eigenvalue weighted by atomic mass is 10.1. The molecule has 0 aliphatic carbocycles. The number of phenols is 2. The number of halogens is 1. The minimum Gasteiger partial charge on any atom is -0.504 e. The van der Waals surface area contributed by atoms with Gasteiger partial charge >= 0.3 is 0 Å². The van der Waals surface area contributed by atoms with Gasteiger partial charge in [-0.25, -0.2) is 0 Å². The van der Waals surface area contributed by atoms with Crippen LogP contribution in [0.4, 0.5) is 5.69 Å². The van der Waals surface area contributed by atoms with Gasteiger partial charge < -0.3 is 10.2 Å². The van der Waals surface area contributed by atoms with E-state index in [9.17, 15) is 19.8 Å². The molecule has 92 valence electrons. The summed E-state index contributed by atoms with van der Waals surface area (Å²) in [5.41, 5.74) is 1.73. The Bertz CT molecular complexity index is 463. The smallest absolute Gasteiger partial charge is 0.261 e. The van der Waals surface area contributed by atoms with Crippen molar-refractivity contribution in [1.82, 2.24) is 5.32 Å². The molecule has 0 heterocycles. The number of nitrogens with one attached hydrogen (secondary N) is 2. The standard InChI is InChI=1S/C9H9ClN2O5/c1-17-12-7-6(9(16)11-3-13)4(10)2-5(14)8(7)15/h2-3,12,14-15H,1H3,(H,11,13,16). The summed E-state index contributed by atoms with van der Waals surface area (Å²) in [4.78, 5) is 26.2. The van der Waals surface area contributed by atoms with E-state index in [0.29, 0.717) is 0 Å². The van der Waals surface area contributed by atoms with Crippen LogP contribution in [0.2, 0.25) is 5.02 Å². The van der Waals surface area contributed by atoms with Crippen LogP contribution in [0.15, 0.2) is 6.07 Å². The summed E-state index contributed by atoms with van der Waals surface area (Å²) in [5.74, 6) is -2.00. The molecule has 0 aromatic heterocycles. The topological polar surface area (TPSA) is 108 Å². The van der Waals surface area contributed by atoms with Crippen LogP contribution in [0, 0.1) is 0 Å². The number of hydrogen-bond acceptors (Lipinski definition) is 6. The Kier molecular flexibility index (Phi) is 4.13. The molecule has 1 rings (SSSR count). The number of amides is 2. The molecule has 0 atom stereocenters. The van der Waals surface area contributed by atoms with Crippen molar-refractivity contribution in [2.75, 3.05) is 12.6 Å². The summed E-state index contributed by atoms with van der Waals surface area (Å²) < 4.78 is 0. The largest absolute Gasteiger partial charge is 0.504 e. The molecule has 0 radical (unpaired) electrons. The quantitative estimate of drug-likeness (QED) is 0.359. The Morgan fingerprint density at radius 2 is 2.18 bits per heavy atom. The Labute approximate surface area is 101 Å². The lowest BCUT2D eigenvalue weighted by Crippen LogP contribution is -2.23. The zero-order chi connectivity index (χ0) is 13.0. The van der Waals surface area contributed by atoms with E-state index >= 15 is 0 Å². The summed E-state index contributed by atoms with van der Waals surface area (Å²) >= 11 is 5.73. The van der Waals surface area contributed by atoms with Gasteiger partial charge in [0.25, 0.3) is 5.91 Å². The van der Waals surface area contributed by atoms with Gasteiger partial charge in [-0.15, -0.1) is 0 Å². The number of anilines is 1. The molecule has 0 saturated heterocycles. The van der Waals surface area contributed by atoms with Gasteiger partial charge in [0.1, 0.15) is 5.69 Å². The van der Waals surface area contributed by atoms with Gasteiger partial charge in [0.05, 0.1) is 17.7 Å². The highest BCUT2D eigenvalue weighted by Gasteiger charge is 2.22. The second-order valence-electron chi connectivity index (χ2n) is 2.87. The summed E-state index contributed by atoms with van der Waals surface area (Å²) in [6.45, 7) is 0. The number of benzene rings is 1. The van der Waals surface area contributed by atoms with E-state index in [1.54, 1.807) is 0 Å². The molecule has 0 saturated carbocycles. The van der Waals surface area contributed by atoms with Crippen molar-refractivity contribution in [3.8, 4) is 11.5 Å². The first-order valence-electron chi connectivity index (χ1n) is 4.30. The zero-order valence-electron chi connectivity index (χ0n) is 8.65. The van der Waals surface area contributed by atoms with Crippen molar-refractivity contribution in [3.63, 3.8) is 0 Å². The molecule has 0 spiro atoms. The fourth-order valence-corrected chi connectivity index (χ4v) is 1.46. The molecule has 0 fully saturated rings. The Hall–Kier alpha value is -1.99. The molecule has 7 nitrogen and oxygen atoms in total. The maximum absolute atomic E-state index is 11.5. The van der Waals surface area contributed by atoms with E-state index in [-0.39, 0.29) is 22.7 Å². The lowest BCUT2D eigenvalue weighted by Gasteiger charge is -2.13. The van der Waals surface area contributed by atoms with Gasteiger partial charge in [-0.2, -0.15) is 0 Å². The van der Waals surface area contributed by atoms with Gasteiger partial charge in [0.15, 0.2) is 11.5 Å². The molecule has 0 aliphatic heterocycles. The van der Waals surface area contributed by atoms with Crippen molar-refractivity contribution in [1.29, 1.82) is 0 Å². The molecular formula is C9H9ClN2O5. The minimum absolute atomic E-state index is 0.154. The maximum atomic E-state index is 11.5. The first-order valence-corrected chi connectivity index (χ1v) is 4.68. The normalized spacial score (nSPS) is 9.76. The molecule has 17 heavy (non-hydrogen) atoms. The summed E-state index contributed by atoms with van der Waals surface area (Å²) in [5, 5.41) is 20.5. The molecule has 4 N–H and O–H groups in total. The second-order valence-corrected chi connectivity index (χ2v) is 3.28. The average molecular weight is 261 g/mol. The van der Waals surface area contributed by atoms with Crippen LogP contribution in [-0.4, -0.2) is 29.6 Å². The Balaban J connectivity index is 3.39. The highest BCUT2D eigenvalue weighted by atomic mass is 35.5. The van der Waals surface area contributed by atoms with E-state index < -0.39 is 17.4 Å². The van der Waals surface area contributed by atoms with Gasteiger partial charge in [-0.05, 0) is 0 Å². The number of imide groups is 1. The minimum atomic E-state index is -0.847. The van der Waals surface area contributed by atoms with Crippen LogP contribution >= 0.6 is 11.6 Å². The van der Waals surface area contributed by atoms with Crippen molar-refractivity contribution < 1.29 is 24.6 Å². The van der Waals surface area contributed by atoms with Crippen LogP contribution in [0.3, 0.4) is 0 Å². The first-order chi connectivity index (χ1) is 8.02. The fourth-order valence-electron chi connectivity index (χ4n) is 1.18. The lowest BCUT2D eigenvalue weighted by molar-refractivity contribution is -0.108. The fraction of sp³-hybridized carbons (Fsp3) is 0.111. The van der Waals surface area contributed by atoms with Crippen LogP contribution in [-0.2, 0) is 9.63 Å². The van der Waals surface area contributed by atoms with E-state index in [4.69, 9.17) is 11.6 Å². The highest BCUT2D eigenvalue weighted by molar-refractivity contribution is 6.35. The predicted octanol–water partition coefficient (Wildman–Crippen LogP) is 0.611. The van der Waals surface area contributed by atoms with Crippen molar-refractivity contribution in [3.05, 3.63) is 16.7 Å². The van der Waals surface area contributed by atoms with Gasteiger partial charge in [0, 0.05) is 6.07 Å². The summed E-state index contributed by atoms with van der Waals surface area (Å²) in [6.07, 6.45) is 0.166. The van der Waals surface area contributed by atoms with Crippen LogP contribution in [0.25, 0.3) is 0 Å². The Morgan fingerprint density at radius 1 is 1.53 bits per heavy atom. The van der Waals surface area contributed by atoms with E-state index in [1.165, 1.54) is 7.11 Å². The van der Waals surface area contributed by atoms with Crippen molar-refractivity contribution in [2.45, 2.75) is 0 Å². The summed E-state index contributed by atoms with van der Waals surface area (Å²) in [7, 11) is 1.23. The molecule has 2 amide bonds. The molecule has 1 aromatic rings. The first kappa shape index (κ1) is 13.1. The number of phenolic OH excluding ortho intramolecular Hbond substituents is 2. The van der Waals surface area contributed by atoms with Gasteiger partial charge in [0.2, 0.25) is 6.41 Å². The van der Waals surface area contributed by atoms with E-state index in [2.05, 4.69) is 10.3 Å². The molecule has 8 heteroatoms. The molecular weight excluding hydrogens is 252 g/mol. The second kappa shape index (κ2) is 5.37. The number of aromatic hydroxyl groups is 2. The monoisotopic (exact) mass is 260 g/mol. The third-order valence-electron chi connectivity index (χ3n) is 1.85. The molecule has 0 unspecified atom stereocenters.